The molecule has 0 bridgehead atoms. The Labute approximate surface area is 134 Å². The van der Waals surface area contributed by atoms with Crippen LogP contribution < -0.4 is 11.1 Å². The van der Waals surface area contributed by atoms with Gasteiger partial charge in [0.2, 0.25) is 0 Å². The van der Waals surface area contributed by atoms with Gasteiger partial charge in [0.1, 0.15) is 0 Å². The van der Waals surface area contributed by atoms with Crippen molar-refractivity contribution in [3.63, 3.8) is 0 Å². The molecule has 0 saturated heterocycles. The van der Waals surface area contributed by atoms with Crippen LogP contribution in [0, 0.1) is 18.8 Å². The van der Waals surface area contributed by atoms with Crippen molar-refractivity contribution >= 4 is 17.3 Å². The molecule has 21 heavy (non-hydrogen) atoms. The van der Waals surface area contributed by atoms with E-state index in [-0.39, 0.29) is 5.54 Å². The maximum atomic E-state index is 6.25. The molecule has 0 aliphatic heterocycles. The summed E-state index contributed by atoms with van der Waals surface area (Å²) in [4.78, 5) is 0. The molecule has 2 unspecified atom stereocenters. The van der Waals surface area contributed by atoms with E-state index in [0.29, 0.717) is 6.54 Å². The largest absolute Gasteiger partial charge is 0.378 e. The summed E-state index contributed by atoms with van der Waals surface area (Å²) in [7, 11) is 0. The van der Waals surface area contributed by atoms with Gasteiger partial charge in [-0.15, -0.1) is 0 Å². The van der Waals surface area contributed by atoms with Crippen LogP contribution in [0.1, 0.15) is 51.5 Å². The Morgan fingerprint density at radius 1 is 1.43 bits per heavy atom. The van der Waals surface area contributed by atoms with Crippen molar-refractivity contribution in [1.82, 2.24) is 0 Å². The molecule has 0 spiro atoms. The summed E-state index contributed by atoms with van der Waals surface area (Å²) >= 11 is 6.25. The predicted molar refractivity (Wildman–Crippen MR) is 93.0 cm³/mol. The van der Waals surface area contributed by atoms with E-state index in [2.05, 4.69) is 31.3 Å². The first kappa shape index (κ1) is 16.6. The molecule has 0 aromatic heterocycles. The summed E-state index contributed by atoms with van der Waals surface area (Å²) in [6.45, 7) is 7.34. The van der Waals surface area contributed by atoms with E-state index in [9.17, 15) is 0 Å². The third kappa shape index (κ3) is 4.37. The van der Waals surface area contributed by atoms with Gasteiger partial charge < -0.3 is 11.1 Å². The average Bonchev–Trinajstić information content (AvgIpc) is 2.42. The van der Waals surface area contributed by atoms with Gasteiger partial charge >= 0.3 is 0 Å². The third-order valence-electron chi connectivity index (χ3n) is 4.72. The zero-order valence-corrected chi connectivity index (χ0v) is 14.3. The van der Waals surface area contributed by atoms with Crippen LogP contribution >= 0.6 is 11.6 Å². The van der Waals surface area contributed by atoms with E-state index in [1.54, 1.807) is 0 Å². The second-order valence-corrected chi connectivity index (χ2v) is 7.57. The molecular formula is C18H29ClN2. The Kier molecular flexibility index (Phi) is 5.56. The second kappa shape index (κ2) is 7.02. The van der Waals surface area contributed by atoms with E-state index < -0.39 is 0 Å². The van der Waals surface area contributed by atoms with Crippen LogP contribution in [0.5, 0.6) is 0 Å². The number of nitrogens with two attached hydrogens (primary N) is 1. The van der Waals surface area contributed by atoms with Gasteiger partial charge in [-0.25, -0.2) is 0 Å². The van der Waals surface area contributed by atoms with Gasteiger partial charge in [0.15, 0.2) is 0 Å². The monoisotopic (exact) mass is 308 g/mol. The van der Waals surface area contributed by atoms with Gasteiger partial charge in [-0.2, -0.15) is 0 Å². The van der Waals surface area contributed by atoms with Crippen molar-refractivity contribution in [3.8, 4) is 0 Å². The smallest absolute Gasteiger partial charge is 0.0498 e. The van der Waals surface area contributed by atoms with Gasteiger partial charge in [-0.05, 0) is 55.7 Å². The Bertz CT molecular complexity index is 472. The Morgan fingerprint density at radius 3 is 2.81 bits per heavy atom. The molecule has 3 N–H and O–H groups in total. The van der Waals surface area contributed by atoms with Crippen molar-refractivity contribution in [2.45, 2.75) is 58.4 Å². The van der Waals surface area contributed by atoms with E-state index in [1.807, 2.05) is 13.0 Å². The van der Waals surface area contributed by atoms with Gasteiger partial charge in [-0.3, -0.25) is 0 Å². The van der Waals surface area contributed by atoms with Crippen LogP contribution in [0.3, 0.4) is 0 Å². The number of benzene rings is 1. The van der Waals surface area contributed by atoms with Crippen molar-refractivity contribution in [2.75, 3.05) is 11.9 Å². The number of anilines is 1. The van der Waals surface area contributed by atoms with E-state index in [4.69, 9.17) is 17.3 Å². The molecule has 0 radical (unpaired) electrons. The predicted octanol–water partition coefficient (Wildman–Crippen LogP) is 4.99. The van der Waals surface area contributed by atoms with E-state index in [0.717, 1.165) is 34.5 Å². The molecule has 1 aliphatic carbocycles. The molecule has 1 fully saturated rings. The minimum Gasteiger partial charge on any atom is -0.378 e. The summed E-state index contributed by atoms with van der Waals surface area (Å²) < 4.78 is 0. The lowest BCUT2D eigenvalue weighted by Gasteiger charge is -2.42. The molecule has 0 heterocycles. The van der Waals surface area contributed by atoms with Crippen molar-refractivity contribution in [1.29, 1.82) is 0 Å². The lowest BCUT2D eigenvalue weighted by molar-refractivity contribution is 0.223. The number of halogens is 1. The molecule has 2 nitrogen and oxygen atoms in total. The SMILES string of the molecule is Cc1ccc(NC2(CN)CCCC(CC(C)C)C2)cc1Cl. The fourth-order valence-corrected chi connectivity index (χ4v) is 3.86. The summed E-state index contributed by atoms with van der Waals surface area (Å²) in [6, 6.07) is 6.22. The first-order valence-electron chi connectivity index (χ1n) is 8.18. The number of aryl methyl sites for hydroxylation is 1. The van der Waals surface area contributed by atoms with Gasteiger partial charge in [-0.1, -0.05) is 44.4 Å². The lowest BCUT2D eigenvalue weighted by Crippen LogP contribution is -2.49. The maximum Gasteiger partial charge on any atom is 0.0498 e. The standard InChI is InChI=1S/C18H29ClN2/c1-13(2)9-15-5-4-8-18(11-15,12-20)21-16-7-6-14(3)17(19)10-16/h6-7,10,13,15,21H,4-5,8-9,11-12,20H2,1-3H3. The fourth-order valence-electron chi connectivity index (χ4n) is 3.68. The number of rotatable bonds is 5. The number of hydrogen-bond donors (Lipinski definition) is 2. The van der Waals surface area contributed by atoms with Crippen molar-refractivity contribution in [2.24, 2.45) is 17.6 Å². The Hall–Kier alpha value is -0.730. The number of hydrogen-bond acceptors (Lipinski definition) is 2. The molecule has 2 atom stereocenters. The van der Waals surface area contributed by atoms with Crippen LogP contribution in [-0.2, 0) is 0 Å². The Morgan fingerprint density at radius 2 is 2.19 bits per heavy atom. The fraction of sp³-hybridized carbons (Fsp3) is 0.667. The molecule has 118 valence electrons. The molecular weight excluding hydrogens is 280 g/mol. The minimum absolute atomic E-state index is 0.0381. The van der Waals surface area contributed by atoms with Crippen LogP contribution in [0.25, 0.3) is 0 Å². The average molecular weight is 309 g/mol. The topological polar surface area (TPSA) is 38.0 Å². The molecule has 0 amide bonds. The first-order valence-corrected chi connectivity index (χ1v) is 8.56. The first-order chi connectivity index (χ1) is 9.94. The summed E-state index contributed by atoms with van der Waals surface area (Å²) in [5, 5.41) is 4.53. The molecule has 1 aromatic carbocycles. The molecule has 1 saturated carbocycles. The third-order valence-corrected chi connectivity index (χ3v) is 5.13. The van der Waals surface area contributed by atoms with Gasteiger partial charge in [0, 0.05) is 22.8 Å². The molecule has 2 rings (SSSR count). The van der Waals surface area contributed by atoms with Gasteiger partial charge in [0.25, 0.3) is 0 Å². The zero-order chi connectivity index (χ0) is 15.5. The summed E-state index contributed by atoms with van der Waals surface area (Å²) in [5.74, 6) is 1.55. The van der Waals surface area contributed by atoms with Crippen molar-refractivity contribution < 1.29 is 0 Å². The quantitative estimate of drug-likeness (QED) is 0.804. The highest BCUT2D eigenvalue weighted by atomic mass is 35.5. The highest BCUT2D eigenvalue weighted by molar-refractivity contribution is 6.31. The van der Waals surface area contributed by atoms with E-state index in [1.165, 1.54) is 25.7 Å². The second-order valence-electron chi connectivity index (χ2n) is 7.17. The maximum absolute atomic E-state index is 6.25. The Balaban J connectivity index is 2.11. The minimum atomic E-state index is 0.0381. The van der Waals surface area contributed by atoms with Crippen LogP contribution in [0.2, 0.25) is 5.02 Å². The molecule has 3 heteroatoms. The summed E-state index contributed by atoms with van der Waals surface area (Å²) in [6.07, 6.45) is 6.24. The van der Waals surface area contributed by atoms with Crippen LogP contribution in [0.4, 0.5) is 5.69 Å². The molecule has 1 aromatic rings. The number of nitrogens with one attached hydrogen (secondary N) is 1. The lowest BCUT2D eigenvalue weighted by atomic mass is 9.73. The van der Waals surface area contributed by atoms with Crippen LogP contribution in [-0.4, -0.2) is 12.1 Å². The zero-order valence-electron chi connectivity index (χ0n) is 13.6. The highest BCUT2D eigenvalue weighted by Crippen LogP contribution is 2.38. The highest BCUT2D eigenvalue weighted by Gasteiger charge is 2.35. The van der Waals surface area contributed by atoms with Crippen LogP contribution in [0.15, 0.2) is 18.2 Å². The normalized spacial score (nSPS) is 26.1. The molecule has 1 aliphatic rings. The van der Waals surface area contributed by atoms with Gasteiger partial charge in [0.05, 0.1) is 0 Å². The summed E-state index contributed by atoms with van der Waals surface area (Å²) in [5.41, 5.74) is 8.40. The van der Waals surface area contributed by atoms with E-state index >= 15 is 0 Å². The van der Waals surface area contributed by atoms with Crippen molar-refractivity contribution in [3.05, 3.63) is 28.8 Å².